The minimum Gasteiger partial charge on any atom is -0.289 e. The predicted octanol–water partition coefficient (Wildman–Crippen LogP) is 5.18. The fourth-order valence-electron chi connectivity index (χ4n) is 2.91. The van der Waals surface area contributed by atoms with E-state index in [2.05, 4.69) is 13.8 Å². The number of rotatable bonds is 8. The highest BCUT2D eigenvalue weighted by atomic mass is 16.1. The SMILES string of the molecule is CCCCCCC(C)CCC1=C(C)C(=O)C(C)=C(C)C1=O. The number of allylic oxidation sites excluding steroid dienone is 4. The van der Waals surface area contributed by atoms with Crippen LogP contribution in [0.1, 0.15) is 79.6 Å². The molecule has 0 aliphatic heterocycles. The van der Waals surface area contributed by atoms with Crippen molar-refractivity contribution >= 4 is 11.6 Å². The molecule has 0 bridgehead atoms. The van der Waals surface area contributed by atoms with Crippen LogP contribution in [0.3, 0.4) is 0 Å². The first-order chi connectivity index (χ1) is 9.90. The Hall–Kier alpha value is -1.18. The number of unbranched alkanes of at least 4 members (excludes halogenated alkanes) is 3. The predicted molar refractivity (Wildman–Crippen MR) is 88.2 cm³/mol. The van der Waals surface area contributed by atoms with Crippen LogP contribution in [-0.4, -0.2) is 11.6 Å². The van der Waals surface area contributed by atoms with Gasteiger partial charge in [0.15, 0.2) is 11.6 Å². The first-order valence-corrected chi connectivity index (χ1v) is 8.36. The van der Waals surface area contributed by atoms with Crippen LogP contribution in [0.25, 0.3) is 0 Å². The second-order valence-electron chi connectivity index (χ2n) is 6.50. The van der Waals surface area contributed by atoms with Gasteiger partial charge >= 0.3 is 0 Å². The molecule has 0 radical (unpaired) electrons. The van der Waals surface area contributed by atoms with Gasteiger partial charge in [0.25, 0.3) is 0 Å². The van der Waals surface area contributed by atoms with Gasteiger partial charge in [-0.3, -0.25) is 9.59 Å². The second-order valence-corrected chi connectivity index (χ2v) is 6.50. The highest BCUT2D eigenvalue weighted by Crippen LogP contribution is 2.28. The highest BCUT2D eigenvalue weighted by molar-refractivity contribution is 6.24. The highest BCUT2D eigenvalue weighted by Gasteiger charge is 2.27. The molecule has 0 aromatic rings. The Morgan fingerprint density at radius 3 is 2.05 bits per heavy atom. The van der Waals surface area contributed by atoms with Crippen molar-refractivity contribution in [2.45, 2.75) is 79.6 Å². The number of carbonyl (C=O) groups is 2. The molecule has 0 aromatic heterocycles. The molecule has 1 unspecified atom stereocenters. The number of carbonyl (C=O) groups excluding carboxylic acids is 2. The first-order valence-electron chi connectivity index (χ1n) is 8.36. The maximum atomic E-state index is 12.3. The molecule has 0 aromatic carbocycles. The lowest BCUT2D eigenvalue weighted by molar-refractivity contribution is -0.116. The van der Waals surface area contributed by atoms with Crippen LogP contribution in [0.15, 0.2) is 22.3 Å². The van der Waals surface area contributed by atoms with Crippen molar-refractivity contribution in [3.05, 3.63) is 22.3 Å². The third kappa shape index (κ3) is 4.66. The topological polar surface area (TPSA) is 34.1 Å². The monoisotopic (exact) mass is 290 g/mol. The van der Waals surface area contributed by atoms with Crippen molar-refractivity contribution in [2.24, 2.45) is 5.92 Å². The van der Waals surface area contributed by atoms with Gasteiger partial charge in [-0.05, 0) is 39.5 Å². The lowest BCUT2D eigenvalue weighted by atomic mass is 9.82. The van der Waals surface area contributed by atoms with E-state index in [1.807, 2.05) is 0 Å². The maximum Gasteiger partial charge on any atom is 0.185 e. The van der Waals surface area contributed by atoms with Crippen molar-refractivity contribution in [3.8, 4) is 0 Å². The van der Waals surface area contributed by atoms with Gasteiger partial charge in [-0.2, -0.15) is 0 Å². The van der Waals surface area contributed by atoms with Crippen LogP contribution >= 0.6 is 0 Å². The number of hydrogen-bond donors (Lipinski definition) is 0. The van der Waals surface area contributed by atoms with E-state index < -0.39 is 0 Å². The summed E-state index contributed by atoms with van der Waals surface area (Å²) in [6, 6.07) is 0. The Balaban J connectivity index is 2.55. The number of hydrogen-bond acceptors (Lipinski definition) is 2. The molecule has 0 heterocycles. The van der Waals surface area contributed by atoms with E-state index in [0.29, 0.717) is 22.6 Å². The van der Waals surface area contributed by atoms with Crippen LogP contribution in [-0.2, 0) is 9.59 Å². The molecule has 118 valence electrons. The first kappa shape index (κ1) is 17.9. The van der Waals surface area contributed by atoms with E-state index in [0.717, 1.165) is 18.4 Å². The Morgan fingerprint density at radius 1 is 0.810 bits per heavy atom. The minimum atomic E-state index is 0.0534. The summed E-state index contributed by atoms with van der Waals surface area (Å²) in [5.41, 5.74) is 2.68. The van der Waals surface area contributed by atoms with Crippen molar-refractivity contribution < 1.29 is 9.59 Å². The number of ketones is 2. The molecule has 1 rings (SSSR count). The molecular weight excluding hydrogens is 260 g/mol. The summed E-state index contributed by atoms with van der Waals surface area (Å²) in [7, 11) is 0. The molecule has 0 saturated heterocycles. The van der Waals surface area contributed by atoms with Gasteiger partial charge in [-0.15, -0.1) is 0 Å². The molecule has 2 nitrogen and oxygen atoms in total. The molecule has 0 fully saturated rings. The van der Waals surface area contributed by atoms with E-state index in [9.17, 15) is 9.59 Å². The molecule has 1 atom stereocenters. The van der Waals surface area contributed by atoms with Crippen LogP contribution in [0.2, 0.25) is 0 Å². The van der Waals surface area contributed by atoms with Gasteiger partial charge in [0.05, 0.1) is 0 Å². The fraction of sp³-hybridized carbons (Fsp3) is 0.684. The summed E-state index contributed by atoms with van der Waals surface area (Å²) in [4.78, 5) is 24.4. The van der Waals surface area contributed by atoms with Gasteiger partial charge in [0, 0.05) is 22.3 Å². The molecule has 0 saturated carbocycles. The second kappa shape index (κ2) is 8.31. The van der Waals surface area contributed by atoms with Gasteiger partial charge in [0.2, 0.25) is 0 Å². The molecule has 0 spiro atoms. The Labute approximate surface area is 129 Å². The number of Topliss-reactive ketones (excluding diaryl/α,β-unsaturated/α-hetero) is 2. The summed E-state index contributed by atoms with van der Waals surface area (Å²) in [6.07, 6.45) is 8.14. The smallest absolute Gasteiger partial charge is 0.185 e. The van der Waals surface area contributed by atoms with E-state index in [4.69, 9.17) is 0 Å². The van der Waals surface area contributed by atoms with Crippen molar-refractivity contribution in [2.75, 3.05) is 0 Å². The summed E-state index contributed by atoms with van der Waals surface area (Å²) in [5.74, 6) is 0.762. The zero-order valence-corrected chi connectivity index (χ0v) is 14.3. The normalized spacial score (nSPS) is 17.8. The van der Waals surface area contributed by atoms with E-state index in [-0.39, 0.29) is 11.6 Å². The zero-order valence-electron chi connectivity index (χ0n) is 14.3. The standard InChI is InChI=1S/C19H30O2/c1-6-7-8-9-10-13(2)11-12-17-16(5)18(20)14(3)15(4)19(17)21/h13H,6-12H2,1-5H3. The van der Waals surface area contributed by atoms with E-state index in [1.54, 1.807) is 20.8 Å². The van der Waals surface area contributed by atoms with Crippen molar-refractivity contribution in [1.29, 1.82) is 0 Å². The van der Waals surface area contributed by atoms with Gasteiger partial charge in [-0.1, -0.05) is 46.0 Å². The molecule has 0 amide bonds. The molecule has 1 aliphatic carbocycles. The summed E-state index contributed by atoms with van der Waals surface area (Å²) in [5, 5.41) is 0. The third-order valence-electron chi connectivity index (χ3n) is 4.75. The van der Waals surface area contributed by atoms with Crippen molar-refractivity contribution in [3.63, 3.8) is 0 Å². The van der Waals surface area contributed by atoms with E-state index >= 15 is 0 Å². The summed E-state index contributed by atoms with van der Waals surface area (Å²) in [6.45, 7) is 9.81. The quantitative estimate of drug-likeness (QED) is 0.456. The van der Waals surface area contributed by atoms with Crippen LogP contribution in [0.4, 0.5) is 0 Å². The largest absolute Gasteiger partial charge is 0.289 e. The Morgan fingerprint density at radius 2 is 1.43 bits per heavy atom. The minimum absolute atomic E-state index is 0.0534. The zero-order chi connectivity index (χ0) is 16.0. The Bertz CT molecular complexity index is 466. The van der Waals surface area contributed by atoms with E-state index in [1.165, 1.54) is 32.1 Å². The van der Waals surface area contributed by atoms with Gasteiger partial charge in [-0.25, -0.2) is 0 Å². The molecular formula is C19H30O2. The van der Waals surface area contributed by atoms with Gasteiger partial charge < -0.3 is 0 Å². The third-order valence-corrected chi connectivity index (χ3v) is 4.75. The average Bonchev–Trinajstić information content (AvgIpc) is 2.47. The average molecular weight is 290 g/mol. The van der Waals surface area contributed by atoms with Crippen LogP contribution in [0.5, 0.6) is 0 Å². The molecule has 21 heavy (non-hydrogen) atoms. The summed E-state index contributed by atoms with van der Waals surface area (Å²) < 4.78 is 0. The van der Waals surface area contributed by atoms with Crippen LogP contribution in [0, 0.1) is 5.92 Å². The Kier molecular flexibility index (Phi) is 7.07. The lowest BCUT2D eigenvalue weighted by Gasteiger charge is -2.20. The lowest BCUT2D eigenvalue weighted by Crippen LogP contribution is -2.21. The van der Waals surface area contributed by atoms with Crippen LogP contribution < -0.4 is 0 Å². The molecule has 1 aliphatic rings. The van der Waals surface area contributed by atoms with Crippen molar-refractivity contribution in [1.82, 2.24) is 0 Å². The molecule has 0 N–H and O–H groups in total. The molecule has 2 heteroatoms. The fourth-order valence-corrected chi connectivity index (χ4v) is 2.91. The van der Waals surface area contributed by atoms with Gasteiger partial charge in [0.1, 0.15) is 0 Å². The summed E-state index contributed by atoms with van der Waals surface area (Å²) >= 11 is 0. The maximum absolute atomic E-state index is 12.3.